The summed E-state index contributed by atoms with van der Waals surface area (Å²) in [6.07, 6.45) is 6.91. The van der Waals surface area contributed by atoms with Gasteiger partial charge in [0, 0.05) is 0 Å². The molecular formula is C22H40O8Ti. The van der Waals surface area contributed by atoms with Crippen molar-refractivity contribution < 1.29 is 56.0 Å². The third-order valence-electron chi connectivity index (χ3n) is 4.02. The van der Waals surface area contributed by atoms with Crippen molar-refractivity contribution in [1.29, 1.82) is 0 Å². The Bertz CT molecular complexity index is 412. The van der Waals surface area contributed by atoms with Crippen molar-refractivity contribution in [1.82, 2.24) is 0 Å². The average Bonchev–Trinajstić information content (AvgIpc) is 2.69. The van der Waals surface area contributed by atoms with Crippen LogP contribution in [0.25, 0.3) is 0 Å². The van der Waals surface area contributed by atoms with E-state index in [1.807, 2.05) is 13.8 Å². The molecular weight excluding hydrogens is 440 g/mol. The summed E-state index contributed by atoms with van der Waals surface area (Å²) in [5.41, 5.74) is 0. The van der Waals surface area contributed by atoms with Gasteiger partial charge < -0.3 is 19.8 Å². The van der Waals surface area contributed by atoms with Gasteiger partial charge in [-0.2, -0.15) is 0 Å². The van der Waals surface area contributed by atoms with E-state index in [4.69, 9.17) is 6.64 Å². The molecule has 0 saturated carbocycles. The van der Waals surface area contributed by atoms with E-state index in [2.05, 4.69) is 13.8 Å². The van der Waals surface area contributed by atoms with E-state index in [-0.39, 0.29) is 11.6 Å². The topological polar surface area (TPSA) is 133 Å². The number of carbonyl (C=O) groups is 4. The molecule has 0 heterocycles. The first kappa shape index (κ1) is 34.5. The standard InChI is InChI=1S/2C7H12O3.2C4H9O.Ti/c2*1-3-4-6(5(2)8)7(9)10;2*1-2-3-4-5;/h2*6H,3-4H2,1-2H3,(H,9,10);2*2-4H2,1H3;/q;;2*-1;+4/p-2. The Hall–Kier alpha value is -1.09. The summed E-state index contributed by atoms with van der Waals surface area (Å²) < 4.78 is 10.6. The molecule has 31 heavy (non-hydrogen) atoms. The monoisotopic (exact) mass is 480 g/mol. The van der Waals surface area contributed by atoms with Crippen molar-refractivity contribution in [3.05, 3.63) is 0 Å². The van der Waals surface area contributed by atoms with Crippen LogP contribution < -0.4 is 10.2 Å². The van der Waals surface area contributed by atoms with Crippen molar-refractivity contribution in [2.75, 3.05) is 13.2 Å². The SMILES string of the molecule is CCCC(C(C)=O)C(=O)[O-].CCCC(C(C)=O)C(=O)[O-].CCCC[O][Ti+2][O]CCCC. The number of hydrogen-bond donors (Lipinski definition) is 0. The summed E-state index contributed by atoms with van der Waals surface area (Å²) in [5, 5.41) is 20.4. The summed E-state index contributed by atoms with van der Waals surface area (Å²) in [6, 6.07) is 0. The number of rotatable bonds is 16. The first-order valence-electron chi connectivity index (χ1n) is 11.0. The van der Waals surface area contributed by atoms with E-state index in [1.54, 1.807) is 0 Å². The van der Waals surface area contributed by atoms with Gasteiger partial charge in [-0.25, -0.2) is 0 Å². The maximum atomic E-state index is 10.6. The molecule has 0 aromatic heterocycles. The summed E-state index contributed by atoms with van der Waals surface area (Å²) in [4.78, 5) is 41.5. The van der Waals surface area contributed by atoms with Crippen LogP contribution in [0.4, 0.5) is 0 Å². The predicted molar refractivity (Wildman–Crippen MR) is 110 cm³/mol. The molecule has 0 spiro atoms. The zero-order chi connectivity index (χ0) is 24.7. The van der Waals surface area contributed by atoms with Gasteiger partial charge in [0.2, 0.25) is 0 Å². The Labute approximate surface area is 197 Å². The normalized spacial score (nSPS) is 11.5. The molecule has 2 unspecified atom stereocenters. The van der Waals surface area contributed by atoms with Gasteiger partial charge in [-0.3, -0.25) is 9.59 Å². The summed E-state index contributed by atoms with van der Waals surface area (Å²) in [7, 11) is 0. The second-order valence-electron chi connectivity index (χ2n) is 7.03. The fourth-order valence-electron chi connectivity index (χ4n) is 2.11. The van der Waals surface area contributed by atoms with Crippen LogP contribution in [0, 0.1) is 11.8 Å². The number of carbonyl (C=O) groups excluding carboxylic acids is 4. The number of Topliss-reactive ketones (excluding diaryl/α,β-unsaturated/α-hetero) is 2. The molecule has 180 valence electrons. The number of unbranched alkanes of at least 4 members (excludes halogenated alkanes) is 2. The van der Waals surface area contributed by atoms with Crippen LogP contribution in [0.1, 0.15) is 92.9 Å². The zero-order valence-electron chi connectivity index (χ0n) is 20.0. The Balaban J connectivity index is -0.000000380. The van der Waals surface area contributed by atoms with E-state index in [0.29, 0.717) is 25.7 Å². The molecule has 0 aliphatic rings. The molecule has 0 aromatic carbocycles. The Kier molecular flexibility index (Phi) is 28.0. The van der Waals surface area contributed by atoms with Gasteiger partial charge in [0.05, 0.1) is 23.8 Å². The molecule has 2 atom stereocenters. The van der Waals surface area contributed by atoms with E-state index in [1.165, 1.54) is 39.5 Å². The first-order valence-corrected chi connectivity index (χ1v) is 12.3. The molecule has 0 fully saturated rings. The number of hydrogen-bond acceptors (Lipinski definition) is 8. The van der Waals surface area contributed by atoms with Gasteiger partial charge in [0.15, 0.2) is 0 Å². The molecule has 0 bridgehead atoms. The Morgan fingerprint density at radius 1 is 0.677 bits per heavy atom. The predicted octanol–water partition coefficient (Wildman–Crippen LogP) is 2.02. The molecule has 8 nitrogen and oxygen atoms in total. The van der Waals surface area contributed by atoms with Crippen LogP contribution in [0.2, 0.25) is 0 Å². The zero-order valence-corrected chi connectivity index (χ0v) is 21.6. The third-order valence-corrected chi connectivity index (χ3v) is 5.03. The van der Waals surface area contributed by atoms with E-state index < -0.39 is 43.7 Å². The van der Waals surface area contributed by atoms with Crippen molar-refractivity contribution in [2.24, 2.45) is 11.8 Å². The van der Waals surface area contributed by atoms with Gasteiger partial charge in [-0.05, 0) is 26.7 Å². The number of ketones is 2. The molecule has 0 radical (unpaired) electrons. The molecule has 0 saturated heterocycles. The van der Waals surface area contributed by atoms with Crippen LogP contribution in [0.3, 0.4) is 0 Å². The summed E-state index contributed by atoms with van der Waals surface area (Å²) in [5.74, 6) is -4.94. The Morgan fingerprint density at radius 2 is 1.00 bits per heavy atom. The number of aliphatic carboxylic acids is 2. The van der Waals surface area contributed by atoms with Crippen LogP contribution in [0.5, 0.6) is 0 Å². The third kappa shape index (κ3) is 25.1. The van der Waals surface area contributed by atoms with Gasteiger partial charge in [-0.1, -0.05) is 26.7 Å². The maximum absolute atomic E-state index is 10.6. The molecule has 0 rings (SSSR count). The van der Waals surface area contributed by atoms with Crippen LogP contribution >= 0.6 is 0 Å². The van der Waals surface area contributed by atoms with E-state index in [0.717, 1.165) is 13.2 Å². The van der Waals surface area contributed by atoms with Gasteiger partial charge >= 0.3 is 79.3 Å². The Morgan fingerprint density at radius 3 is 1.16 bits per heavy atom. The quantitative estimate of drug-likeness (QED) is 0.186. The second-order valence-corrected chi connectivity index (χ2v) is 8.19. The number of carboxylic acid groups (broad SMARTS) is 2. The van der Waals surface area contributed by atoms with Crippen molar-refractivity contribution >= 4 is 23.5 Å². The molecule has 0 aromatic rings. The first-order chi connectivity index (χ1) is 14.6. The molecule has 0 aliphatic carbocycles. The molecule has 0 aliphatic heterocycles. The minimum atomic E-state index is -1.26. The second kappa shape index (κ2) is 25.2. The fourth-order valence-corrected chi connectivity index (χ4v) is 2.95. The average molecular weight is 480 g/mol. The van der Waals surface area contributed by atoms with Crippen molar-refractivity contribution in [3.8, 4) is 0 Å². The molecule has 0 amide bonds. The van der Waals surface area contributed by atoms with Gasteiger partial charge in [0.25, 0.3) is 0 Å². The van der Waals surface area contributed by atoms with Crippen molar-refractivity contribution in [3.63, 3.8) is 0 Å². The molecule has 9 heteroatoms. The van der Waals surface area contributed by atoms with Crippen LogP contribution in [-0.4, -0.2) is 36.7 Å². The van der Waals surface area contributed by atoms with Crippen LogP contribution in [0.15, 0.2) is 0 Å². The summed E-state index contributed by atoms with van der Waals surface area (Å²) in [6.45, 7) is 12.3. The van der Waals surface area contributed by atoms with Gasteiger partial charge in [0.1, 0.15) is 11.6 Å². The van der Waals surface area contributed by atoms with Crippen molar-refractivity contribution in [2.45, 2.75) is 92.9 Å². The minimum absolute atomic E-state index is 0.318. The molecule has 0 N–H and O–H groups in total. The summed E-state index contributed by atoms with van der Waals surface area (Å²) >= 11 is -0.519. The fraction of sp³-hybridized carbons (Fsp3) is 0.818. The van der Waals surface area contributed by atoms with E-state index >= 15 is 0 Å². The van der Waals surface area contributed by atoms with Gasteiger partial charge in [-0.15, -0.1) is 0 Å². The number of carboxylic acids is 2. The van der Waals surface area contributed by atoms with E-state index in [9.17, 15) is 29.4 Å². The van der Waals surface area contributed by atoms with Crippen LogP contribution in [-0.2, 0) is 45.7 Å².